The van der Waals surface area contributed by atoms with Gasteiger partial charge in [-0.2, -0.15) is 0 Å². The smallest absolute Gasteiger partial charge is 0.308 e. The second-order valence-electron chi connectivity index (χ2n) is 4.22. The number of carbonyl (C=O) groups is 1. The number of hydrogen-bond acceptors (Lipinski definition) is 2. The minimum absolute atomic E-state index is 0.274. The van der Waals surface area contributed by atoms with Gasteiger partial charge in [0.15, 0.2) is 23.3 Å². The zero-order chi connectivity index (χ0) is 14.3. The Hall–Kier alpha value is -1.86. The van der Waals surface area contributed by atoms with Crippen molar-refractivity contribution in [2.24, 2.45) is 5.92 Å². The van der Waals surface area contributed by atoms with Gasteiger partial charge in [-0.05, 0) is 12.8 Å². The van der Waals surface area contributed by atoms with Crippen LogP contribution in [0.5, 0.6) is 0 Å². The van der Waals surface area contributed by atoms with E-state index in [-0.39, 0.29) is 12.8 Å². The largest absolute Gasteiger partial charge is 0.481 e. The third-order valence-electron chi connectivity index (χ3n) is 3.13. The zero-order valence-corrected chi connectivity index (χ0v) is 9.31. The van der Waals surface area contributed by atoms with Crippen LogP contribution in [0.1, 0.15) is 12.8 Å². The molecule has 1 aromatic rings. The highest BCUT2D eigenvalue weighted by molar-refractivity contribution is 5.73. The molecule has 0 saturated heterocycles. The molecular weight excluding hydrogens is 273 g/mol. The Kier molecular flexibility index (Phi) is 3.34. The van der Waals surface area contributed by atoms with Gasteiger partial charge in [0.05, 0.1) is 5.92 Å². The Morgan fingerprint density at radius 1 is 0.947 bits per heavy atom. The Balaban J connectivity index is 2.33. The summed E-state index contributed by atoms with van der Waals surface area (Å²) in [7, 11) is 0. The predicted octanol–water partition coefficient (Wildman–Crippen LogP) is 2.66. The summed E-state index contributed by atoms with van der Waals surface area (Å²) < 4.78 is 65.3. The molecule has 1 aliphatic rings. The van der Waals surface area contributed by atoms with Gasteiger partial charge in [-0.3, -0.25) is 4.79 Å². The average Bonchev–Trinajstić information content (AvgIpc) is 2.32. The summed E-state index contributed by atoms with van der Waals surface area (Å²) in [4.78, 5) is 10.7. The summed E-state index contributed by atoms with van der Waals surface area (Å²) >= 11 is 0. The summed E-state index contributed by atoms with van der Waals surface area (Å²) in [6, 6.07) is -0.856. The van der Waals surface area contributed by atoms with Gasteiger partial charge in [0.25, 0.3) is 0 Å². The predicted molar refractivity (Wildman–Crippen MR) is 54.0 cm³/mol. The molecule has 1 aliphatic carbocycles. The van der Waals surface area contributed by atoms with Gasteiger partial charge in [-0.25, -0.2) is 22.0 Å². The van der Waals surface area contributed by atoms with Crippen LogP contribution < -0.4 is 5.32 Å². The van der Waals surface area contributed by atoms with Crippen molar-refractivity contribution in [3.05, 3.63) is 29.1 Å². The lowest BCUT2D eigenvalue weighted by Crippen LogP contribution is -2.43. The Morgan fingerprint density at radius 2 is 1.42 bits per heavy atom. The van der Waals surface area contributed by atoms with E-state index in [2.05, 4.69) is 5.32 Å². The van der Waals surface area contributed by atoms with E-state index in [1.165, 1.54) is 0 Å². The molecule has 104 valence electrons. The Bertz CT molecular complexity index is 519. The van der Waals surface area contributed by atoms with Crippen molar-refractivity contribution in [1.82, 2.24) is 0 Å². The van der Waals surface area contributed by atoms with Gasteiger partial charge in [0.2, 0.25) is 5.82 Å². The van der Waals surface area contributed by atoms with E-state index in [9.17, 15) is 26.7 Å². The van der Waals surface area contributed by atoms with Crippen molar-refractivity contribution in [1.29, 1.82) is 0 Å². The standard InChI is InChI=1S/C11H8F5NO2/c12-5-6(13)8(15)10(9(16)7(5)14)17-4-2-1-3(4)11(18)19/h3-4,17H,1-2H2,(H,18,19). The second kappa shape index (κ2) is 4.67. The lowest BCUT2D eigenvalue weighted by atomic mass is 9.79. The number of benzene rings is 1. The summed E-state index contributed by atoms with van der Waals surface area (Å²) in [5.74, 6) is -12.5. The minimum atomic E-state index is -2.25. The molecule has 2 rings (SSSR count). The van der Waals surface area contributed by atoms with Crippen molar-refractivity contribution >= 4 is 11.7 Å². The SMILES string of the molecule is O=C(O)C1CCC1Nc1c(F)c(F)c(F)c(F)c1F. The van der Waals surface area contributed by atoms with Crippen LogP contribution in [0.25, 0.3) is 0 Å². The number of hydrogen-bond donors (Lipinski definition) is 2. The van der Waals surface area contributed by atoms with E-state index in [0.29, 0.717) is 0 Å². The lowest BCUT2D eigenvalue weighted by molar-refractivity contribution is -0.144. The van der Waals surface area contributed by atoms with E-state index in [4.69, 9.17) is 5.11 Å². The van der Waals surface area contributed by atoms with Crippen molar-refractivity contribution in [3.8, 4) is 0 Å². The molecule has 3 nitrogen and oxygen atoms in total. The van der Waals surface area contributed by atoms with E-state index in [0.717, 1.165) is 0 Å². The Labute approximate surface area is 104 Å². The van der Waals surface area contributed by atoms with Crippen LogP contribution in [0.3, 0.4) is 0 Å². The van der Waals surface area contributed by atoms with Crippen molar-refractivity contribution in [2.75, 3.05) is 5.32 Å². The number of aliphatic carboxylic acids is 1. The first-order chi connectivity index (χ1) is 8.84. The van der Waals surface area contributed by atoms with Crippen molar-refractivity contribution in [2.45, 2.75) is 18.9 Å². The number of carboxylic acid groups (broad SMARTS) is 1. The molecule has 1 fully saturated rings. The molecular formula is C11H8F5NO2. The maximum Gasteiger partial charge on any atom is 0.308 e. The topological polar surface area (TPSA) is 49.3 Å². The normalized spacial score (nSPS) is 21.9. The van der Waals surface area contributed by atoms with Gasteiger partial charge in [-0.15, -0.1) is 0 Å². The molecule has 1 saturated carbocycles. The summed E-state index contributed by atoms with van der Waals surface area (Å²) in [5.41, 5.74) is -1.19. The third kappa shape index (κ3) is 2.11. The fourth-order valence-electron chi connectivity index (χ4n) is 1.89. The second-order valence-corrected chi connectivity index (χ2v) is 4.22. The van der Waals surface area contributed by atoms with Gasteiger partial charge in [0, 0.05) is 6.04 Å². The monoisotopic (exact) mass is 281 g/mol. The maximum atomic E-state index is 13.3. The van der Waals surface area contributed by atoms with Crippen LogP contribution in [0, 0.1) is 35.0 Å². The van der Waals surface area contributed by atoms with Gasteiger partial charge < -0.3 is 10.4 Å². The van der Waals surface area contributed by atoms with Crippen molar-refractivity contribution in [3.63, 3.8) is 0 Å². The highest BCUT2D eigenvalue weighted by atomic mass is 19.2. The third-order valence-corrected chi connectivity index (χ3v) is 3.13. The molecule has 0 aliphatic heterocycles. The van der Waals surface area contributed by atoms with E-state index in [1.807, 2.05) is 0 Å². The molecule has 0 bridgehead atoms. The van der Waals surface area contributed by atoms with E-state index in [1.54, 1.807) is 0 Å². The van der Waals surface area contributed by atoms with Crippen LogP contribution in [0.15, 0.2) is 0 Å². The van der Waals surface area contributed by atoms with Crippen LogP contribution in [-0.4, -0.2) is 17.1 Å². The number of rotatable bonds is 3. The first kappa shape index (κ1) is 13.6. The molecule has 0 amide bonds. The van der Waals surface area contributed by atoms with Crippen LogP contribution in [0.2, 0.25) is 0 Å². The number of anilines is 1. The molecule has 8 heteroatoms. The molecule has 0 radical (unpaired) electrons. The summed E-state index contributed by atoms with van der Waals surface area (Å²) in [5, 5.41) is 10.8. The molecule has 19 heavy (non-hydrogen) atoms. The first-order valence-corrected chi connectivity index (χ1v) is 5.35. The van der Waals surface area contributed by atoms with Gasteiger partial charge >= 0.3 is 5.97 Å². The molecule has 1 aromatic carbocycles. The minimum Gasteiger partial charge on any atom is -0.481 e. The number of nitrogens with one attached hydrogen (secondary N) is 1. The molecule has 0 aromatic heterocycles. The fourth-order valence-corrected chi connectivity index (χ4v) is 1.89. The highest BCUT2D eigenvalue weighted by Gasteiger charge is 2.38. The van der Waals surface area contributed by atoms with Gasteiger partial charge in [-0.1, -0.05) is 0 Å². The summed E-state index contributed by atoms with van der Waals surface area (Å²) in [6.07, 6.45) is 0.554. The number of carboxylic acids is 1. The van der Waals surface area contributed by atoms with Crippen LogP contribution in [0.4, 0.5) is 27.6 Å². The fraction of sp³-hybridized carbons (Fsp3) is 0.364. The quantitative estimate of drug-likeness (QED) is 0.509. The van der Waals surface area contributed by atoms with Gasteiger partial charge in [0.1, 0.15) is 5.69 Å². The molecule has 0 spiro atoms. The molecule has 2 unspecified atom stereocenters. The van der Waals surface area contributed by atoms with E-state index < -0.39 is 52.7 Å². The zero-order valence-electron chi connectivity index (χ0n) is 9.31. The molecule has 2 N–H and O–H groups in total. The lowest BCUT2D eigenvalue weighted by Gasteiger charge is -2.34. The average molecular weight is 281 g/mol. The number of halogens is 5. The Morgan fingerprint density at radius 3 is 1.79 bits per heavy atom. The van der Waals surface area contributed by atoms with E-state index >= 15 is 0 Å². The highest BCUT2D eigenvalue weighted by Crippen LogP contribution is 2.34. The molecule has 2 atom stereocenters. The van der Waals surface area contributed by atoms with Crippen LogP contribution in [-0.2, 0) is 4.79 Å². The maximum absolute atomic E-state index is 13.3. The summed E-state index contributed by atoms with van der Waals surface area (Å²) in [6.45, 7) is 0. The van der Waals surface area contributed by atoms with Crippen LogP contribution >= 0.6 is 0 Å². The first-order valence-electron chi connectivity index (χ1n) is 5.35. The molecule has 0 heterocycles. The van der Waals surface area contributed by atoms with Crippen molar-refractivity contribution < 1.29 is 31.9 Å².